The van der Waals surface area contributed by atoms with Crippen LogP contribution in [0, 0.1) is 5.41 Å². The van der Waals surface area contributed by atoms with Crippen molar-refractivity contribution < 1.29 is 0 Å². The molecule has 0 heterocycles. The van der Waals surface area contributed by atoms with Gasteiger partial charge in [0.2, 0.25) is 0 Å². The van der Waals surface area contributed by atoms with Crippen LogP contribution < -0.4 is 5.73 Å². The molecule has 0 aliphatic rings. The van der Waals surface area contributed by atoms with Crippen LogP contribution >= 0.6 is 0 Å². The van der Waals surface area contributed by atoms with E-state index in [4.69, 9.17) is 11.1 Å². The van der Waals surface area contributed by atoms with Gasteiger partial charge in [0.15, 0.2) is 0 Å². The van der Waals surface area contributed by atoms with Crippen LogP contribution in [-0.2, 0) is 5.41 Å². The van der Waals surface area contributed by atoms with Crippen LogP contribution in [0.15, 0.2) is 140 Å². The minimum absolute atomic E-state index is 0.0760. The molecule has 0 aliphatic carbocycles. The van der Waals surface area contributed by atoms with Crippen LogP contribution in [-0.4, -0.2) is 5.84 Å². The third-order valence-corrected chi connectivity index (χ3v) is 6.46. The Balaban J connectivity index is 1.87. The zero-order valence-corrected chi connectivity index (χ0v) is 18.9. The summed E-state index contributed by atoms with van der Waals surface area (Å²) >= 11 is 0. The highest BCUT2D eigenvalue weighted by Crippen LogP contribution is 2.48. The van der Waals surface area contributed by atoms with Crippen molar-refractivity contribution in [3.8, 4) is 11.1 Å². The SMILES string of the molecule is N=C(N)c1ccc(-c2ccccc2C(c2ccccc2)(c2ccccc2)c2ccccc2)cc1. The smallest absolute Gasteiger partial charge is 0.122 e. The molecule has 34 heavy (non-hydrogen) atoms. The molecule has 2 heteroatoms. The number of nitrogens with one attached hydrogen (secondary N) is 1. The van der Waals surface area contributed by atoms with Crippen molar-refractivity contribution in [2.75, 3.05) is 0 Å². The predicted molar refractivity (Wildman–Crippen MR) is 141 cm³/mol. The first-order chi connectivity index (χ1) is 16.7. The molecule has 5 aromatic rings. The van der Waals surface area contributed by atoms with Gasteiger partial charge in [-0.15, -0.1) is 0 Å². The molecule has 2 nitrogen and oxygen atoms in total. The summed E-state index contributed by atoms with van der Waals surface area (Å²) in [6.45, 7) is 0. The molecule has 0 atom stereocenters. The molecule has 0 unspecified atom stereocenters. The number of hydrogen-bond acceptors (Lipinski definition) is 1. The first-order valence-electron chi connectivity index (χ1n) is 11.4. The van der Waals surface area contributed by atoms with Crippen molar-refractivity contribution in [3.63, 3.8) is 0 Å². The zero-order chi connectivity index (χ0) is 23.4. The van der Waals surface area contributed by atoms with Gasteiger partial charge in [0, 0.05) is 5.56 Å². The molecule has 0 saturated heterocycles. The van der Waals surface area contributed by atoms with E-state index in [2.05, 4.69) is 127 Å². The van der Waals surface area contributed by atoms with Crippen LogP contribution in [0.1, 0.15) is 27.8 Å². The summed E-state index contributed by atoms with van der Waals surface area (Å²) in [4.78, 5) is 0. The Morgan fingerprint density at radius 3 is 1.35 bits per heavy atom. The fourth-order valence-electron chi connectivity index (χ4n) is 4.92. The van der Waals surface area contributed by atoms with Crippen molar-refractivity contribution in [1.29, 1.82) is 5.41 Å². The van der Waals surface area contributed by atoms with Crippen LogP contribution in [0.2, 0.25) is 0 Å². The first-order valence-corrected chi connectivity index (χ1v) is 11.4. The van der Waals surface area contributed by atoms with Gasteiger partial charge in [-0.3, -0.25) is 5.41 Å². The minimum atomic E-state index is -0.514. The lowest BCUT2D eigenvalue weighted by Crippen LogP contribution is -2.31. The van der Waals surface area contributed by atoms with Gasteiger partial charge in [-0.2, -0.15) is 0 Å². The quantitative estimate of drug-likeness (QED) is 0.167. The lowest BCUT2D eigenvalue weighted by Gasteiger charge is -2.38. The third kappa shape index (κ3) is 3.70. The van der Waals surface area contributed by atoms with Gasteiger partial charge in [0.25, 0.3) is 0 Å². The molecule has 0 saturated carbocycles. The summed E-state index contributed by atoms with van der Waals surface area (Å²) in [7, 11) is 0. The van der Waals surface area contributed by atoms with Crippen LogP contribution in [0.5, 0.6) is 0 Å². The van der Waals surface area contributed by atoms with Crippen LogP contribution in [0.4, 0.5) is 0 Å². The lowest BCUT2D eigenvalue weighted by molar-refractivity contribution is 0.747. The van der Waals surface area contributed by atoms with E-state index in [0.717, 1.165) is 16.7 Å². The van der Waals surface area contributed by atoms with E-state index >= 15 is 0 Å². The van der Waals surface area contributed by atoms with Crippen molar-refractivity contribution in [2.24, 2.45) is 5.73 Å². The minimum Gasteiger partial charge on any atom is -0.384 e. The van der Waals surface area contributed by atoms with Crippen molar-refractivity contribution >= 4 is 5.84 Å². The largest absolute Gasteiger partial charge is 0.384 e. The molecule has 0 amide bonds. The Morgan fingerprint density at radius 1 is 0.500 bits per heavy atom. The third-order valence-electron chi connectivity index (χ3n) is 6.46. The number of nitrogens with two attached hydrogens (primary N) is 1. The molecular formula is C32H26N2. The molecule has 0 fully saturated rings. The Bertz CT molecular complexity index is 1290. The molecule has 5 rings (SSSR count). The second kappa shape index (κ2) is 9.21. The molecule has 0 radical (unpaired) electrons. The van der Waals surface area contributed by atoms with E-state index in [0.29, 0.717) is 0 Å². The Hall–Kier alpha value is -4.43. The maximum Gasteiger partial charge on any atom is 0.122 e. The molecule has 164 valence electrons. The summed E-state index contributed by atoms with van der Waals surface area (Å²) in [5.74, 6) is 0.0760. The normalized spacial score (nSPS) is 11.2. The highest BCUT2D eigenvalue weighted by atomic mass is 14.7. The van der Waals surface area contributed by atoms with Gasteiger partial charge >= 0.3 is 0 Å². The van der Waals surface area contributed by atoms with Crippen molar-refractivity contribution in [1.82, 2.24) is 0 Å². The van der Waals surface area contributed by atoms with E-state index in [1.165, 1.54) is 22.3 Å². The van der Waals surface area contributed by atoms with E-state index in [-0.39, 0.29) is 5.84 Å². The number of nitrogen functional groups attached to an aromatic ring is 1. The van der Waals surface area contributed by atoms with Gasteiger partial charge in [-0.1, -0.05) is 140 Å². The number of amidine groups is 1. The Morgan fingerprint density at radius 2 is 0.912 bits per heavy atom. The van der Waals surface area contributed by atoms with Crippen molar-refractivity contribution in [3.05, 3.63) is 167 Å². The van der Waals surface area contributed by atoms with Gasteiger partial charge in [0.05, 0.1) is 5.41 Å². The molecule has 0 aromatic heterocycles. The first kappa shape index (κ1) is 21.4. The molecule has 0 spiro atoms. The van der Waals surface area contributed by atoms with Crippen molar-refractivity contribution in [2.45, 2.75) is 5.41 Å². The average molecular weight is 439 g/mol. The number of hydrogen-bond donors (Lipinski definition) is 2. The molecule has 0 bridgehead atoms. The second-order valence-electron chi connectivity index (χ2n) is 8.38. The fourth-order valence-corrected chi connectivity index (χ4v) is 4.92. The number of benzene rings is 5. The lowest BCUT2D eigenvalue weighted by atomic mass is 9.63. The Kier molecular flexibility index (Phi) is 5.80. The van der Waals surface area contributed by atoms with E-state index in [1.807, 2.05) is 12.1 Å². The predicted octanol–water partition coefficient (Wildman–Crippen LogP) is 7.02. The van der Waals surface area contributed by atoms with Gasteiger partial charge in [-0.25, -0.2) is 0 Å². The van der Waals surface area contributed by atoms with Gasteiger partial charge < -0.3 is 5.73 Å². The van der Waals surface area contributed by atoms with Gasteiger partial charge in [0.1, 0.15) is 5.84 Å². The molecule has 5 aromatic carbocycles. The highest BCUT2D eigenvalue weighted by molar-refractivity contribution is 5.95. The summed E-state index contributed by atoms with van der Waals surface area (Å²) in [5.41, 5.74) is 13.0. The Labute approximate surface area is 200 Å². The standard InChI is InChI=1S/C32H26N2/c33-31(34)25-22-20-24(21-23-25)29-18-10-11-19-30(29)32(26-12-4-1-5-13-26,27-14-6-2-7-15-27)28-16-8-3-9-17-28/h1-23H,(H3,33,34). The topological polar surface area (TPSA) is 49.9 Å². The summed E-state index contributed by atoms with van der Waals surface area (Å²) in [5, 5.41) is 7.77. The maximum atomic E-state index is 7.77. The molecule has 0 aliphatic heterocycles. The van der Waals surface area contributed by atoms with Crippen LogP contribution in [0.25, 0.3) is 11.1 Å². The average Bonchev–Trinajstić information content (AvgIpc) is 2.91. The van der Waals surface area contributed by atoms with Crippen LogP contribution in [0.3, 0.4) is 0 Å². The van der Waals surface area contributed by atoms with E-state index in [9.17, 15) is 0 Å². The summed E-state index contributed by atoms with van der Waals surface area (Å²) < 4.78 is 0. The monoisotopic (exact) mass is 438 g/mol. The molecule has 3 N–H and O–H groups in total. The van der Waals surface area contributed by atoms with E-state index < -0.39 is 5.41 Å². The maximum absolute atomic E-state index is 7.77. The zero-order valence-electron chi connectivity index (χ0n) is 18.9. The summed E-state index contributed by atoms with van der Waals surface area (Å²) in [6, 6.07) is 48.8. The summed E-state index contributed by atoms with van der Waals surface area (Å²) in [6.07, 6.45) is 0. The van der Waals surface area contributed by atoms with Gasteiger partial charge in [-0.05, 0) is 33.4 Å². The fraction of sp³-hybridized carbons (Fsp3) is 0.0312. The number of rotatable bonds is 6. The molecular weight excluding hydrogens is 412 g/mol. The van der Waals surface area contributed by atoms with E-state index in [1.54, 1.807) is 0 Å². The highest BCUT2D eigenvalue weighted by Gasteiger charge is 2.39. The second-order valence-corrected chi connectivity index (χ2v) is 8.38.